The number of hydrogen-bond acceptors (Lipinski definition) is 4. The van der Waals surface area contributed by atoms with Crippen molar-refractivity contribution in [1.29, 1.82) is 0 Å². The minimum Gasteiger partial charge on any atom is -0.478 e. The van der Waals surface area contributed by atoms with Crippen molar-refractivity contribution in [2.75, 3.05) is 17.2 Å². The van der Waals surface area contributed by atoms with Crippen molar-refractivity contribution in [3.63, 3.8) is 0 Å². The summed E-state index contributed by atoms with van der Waals surface area (Å²) in [5.41, 5.74) is 5.70. The predicted octanol–water partition coefficient (Wildman–Crippen LogP) is 2.52. The molecule has 0 saturated carbocycles. The van der Waals surface area contributed by atoms with Gasteiger partial charge >= 0.3 is 5.97 Å². The number of amides is 2. The van der Waals surface area contributed by atoms with Crippen LogP contribution in [0.5, 0.6) is 0 Å². The van der Waals surface area contributed by atoms with Crippen LogP contribution in [-0.4, -0.2) is 35.2 Å². The van der Waals surface area contributed by atoms with E-state index in [9.17, 15) is 23.9 Å². The molecule has 3 N–H and O–H groups in total. The number of primary amides is 1. The first-order chi connectivity index (χ1) is 12.4. The highest BCUT2D eigenvalue weighted by Crippen LogP contribution is 2.24. The maximum Gasteiger partial charge on any atom is 0.336 e. The topological polar surface area (TPSA) is 101 Å². The third-order valence-corrected chi connectivity index (χ3v) is 4.55. The molecular formula is C18H17FN2O4S. The van der Waals surface area contributed by atoms with E-state index in [4.69, 9.17) is 5.73 Å². The van der Waals surface area contributed by atoms with Gasteiger partial charge in [0.15, 0.2) is 0 Å². The maximum atomic E-state index is 13.1. The van der Waals surface area contributed by atoms with Crippen LogP contribution in [0, 0.1) is 5.82 Å². The Kier molecular flexibility index (Phi) is 6.74. The van der Waals surface area contributed by atoms with Gasteiger partial charge in [-0.3, -0.25) is 9.59 Å². The lowest BCUT2D eigenvalue weighted by atomic mass is 10.2. The molecule has 8 heteroatoms. The average molecular weight is 376 g/mol. The van der Waals surface area contributed by atoms with E-state index < -0.39 is 17.7 Å². The summed E-state index contributed by atoms with van der Waals surface area (Å²) < 4.78 is 13.1. The number of thioether (sulfide) groups is 1. The molecule has 0 atom stereocenters. The fraction of sp³-hybridized carbons (Fsp3) is 0.167. The molecule has 0 fully saturated rings. The molecule has 2 amide bonds. The monoisotopic (exact) mass is 376 g/mol. The van der Waals surface area contributed by atoms with Crippen molar-refractivity contribution in [2.24, 2.45) is 5.73 Å². The van der Waals surface area contributed by atoms with E-state index in [1.54, 1.807) is 18.2 Å². The van der Waals surface area contributed by atoms with Gasteiger partial charge in [0, 0.05) is 23.5 Å². The number of aromatic carboxylic acids is 1. The van der Waals surface area contributed by atoms with Crippen LogP contribution in [0.3, 0.4) is 0 Å². The first-order valence-electron chi connectivity index (χ1n) is 7.68. The first kappa shape index (κ1) is 19.5. The molecule has 0 aromatic heterocycles. The molecular weight excluding hydrogens is 359 g/mol. The molecule has 2 rings (SSSR count). The summed E-state index contributed by atoms with van der Waals surface area (Å²) in [4.78, 5) is 36.7. The number of carboxylic acids is 1. The summed E-state index contributed by atoms with van der Waals surface area (Å²) in [6.07, 6.45) is -0.0422. The van der Waals surface area contributed by atoms with Crippen LogP contribution in [0.15, 0.2) is 53.4 Å². The zero-order valence-electron chi connectivity index (χ0n) is 13.7. The van der Waals surface area contributed by atoms with Crippen molar-refractivity contribution >= 4 is 35.2 Å². The fourth-order valence-electron chi connectivity index (χ4n) is 2.23. The number of carbonyl (C=O) groups excluding carboxylic acids is 2. The van der Waals surface area contributed by atoms with Crippen LogP contribution in [0.25, 0.3) is 0 Å². The number of carbonyl (C=O) groups is 3. The average Bonchev–Trinajstić information content (AvgIpc) is 2.61. The van der Waals surface area contributed by atoms with Gasteiger partial charge in [0.05, 0.1) is 11.3 Å². The van der Waals surface area contributed by atoms with E-state index in [1.165, 1.54) is 35.2 Å². The van der Waals surface area contributed by atoms with E-state index in [-0.39, 0.29) is 30.2 Å². The zero-order chi connectivity index (χ0) is 19.1. The molecule has 6 nitrogen and oxygen atoms in total. The van der Waals surface area contributed by atoms with Gasteiger partial charge in [-0.15, -0.1) is 11.8 Å². The standard InChI is InChI=1S/C18H17FN2O4S/c19-12-5-7-13(8-6-12)21(10-9-16(20)22)17(23)11-26-15-4-2-1-3-14(15)18(24)25/h1-8H,9-11H2,(H2,20,22)(H,24,25). The molecule has 0 aliphatic rings. The molecule has 0 unspecified atom stereocenters. The van der Waals surface area contributed by atoms with Crippen LogP contribution >= 0.6 is 11.8 Å². The van der Waals surface area contributed by atoms with Gasteiger partial charge in [0.2, 0.25) is 11.8 Å². The zero-order valence-corrected chi connectivity index (χ0v) is 14.5. The highest BCUT2D eigenvalue weighted by molar-refractivity contribution is 8.00. The van der Waals surface area contributed by atoms with Crippen LogP contribution < -0.4 is 10.6 Å². The summed E-state index contributed by atoms with van der Waals surface area (Å²) in [6, 6.07) is 11.7. The number of carboxylic acid groups (broad SMARTS) is 1. The number of hydrogen-bond donors (Lipinski definition) is 2. The predicted molar refractivity (Wildman–Crippen MR) is 96.7 cm³/mol. The molecule has 0 heterocycles. The maximum absolute atomic E-state index is 13.1. The van der Waals surface area contributed by atoms with E-state index in [1.807, 2.05) is 0 Å². The smallest absolute Gasteiger partial charge is 0.336 e. The van der Waals surface area contributed by atoms with Crippen molar-refractivity contribution in [3.8, 4) is 0 Å². The quantitative estimate of drug-likeness (QED) is 0.690. The Labute approximate surface area is 153 Å². The van der Waals surface area contributed by atoms with E-state index in [2.05, 4.69) is 0 Å². The second-order valence-electron chi connectivity index (χ2n) is 5.33. The summed E-state index contributed by atoms with van der Waals surface area (Å²) >= 11 is 1.08. The number of anilines is 1. The summed E-state index contributed by atoms with van der Waals surface area (Å²) in [5.74, 6) is -2.47. The first-order valence-corrected chi connectivity index (χ1v) is 8.66. The molecule has 0 bridgehead atoms. The van der Waals surface area contributed by atoms with Gasteiger partial charge in [0.1, 0.15) is 5.82 Å². The Morgan fingerprint density at radius 2 is 1.73 bits per heavy atom. The Bertz CT molecular complexity index is 811. The largest absolute Gasteiger partial charge is 0.478 e. The highest BCUT2D eigenvalue weighted by Gasteiger charge is 2.18. The fourth-order valence-corrected chi connectivity index (χ4v) is 3.15. The van der Waals surface area contributed by atoms with E-state index in [0.29, 0.717) is 10.6 Å². The summed E-state index contributed by atoms with van der Waals surface area (Å²) in [5, 5.41) is 9.19. The van der Waals surface area contributed by atoms with Crippen LogP contribution in [0.2, 0.25) is 0 Å². The van der Waals surface area contributed by atoms with E-state index in [0.717, 1.165) is 11.8 Å². The Morgan fingerprint density at radius 1 is 1.08 bits per heavy atom. The van der Waals surface area contributed by atoms with Gasteiger partial charge in [-0.1, -0.05) is 12.1 Å². The molecule has 26 heavy (non-hydrogen) atoms. The van der Waals surface area contributed by atoms with Crippen molar-refractivity contribution < 1.29 is 23.9 Å². The summed E-state index contributed by atoms with van der Waals surface area (Å²) in [6.45, 7) is 0.0565. The Morgan fingerprint density at radius 3 is 2.35 bits per heavy atom. The molecule has 2 aromatic carbocycles. The lowest BCUT2D eigenvalue weighted by molar-refractivity contribution is -0.118. The van der Waals surface area contributed by atoms with Crippen LogP contribution in [-0.2, 0) is 9.59 Å². The molecule has 0 saturated heterocycles. The minimum absolute atomic E-state index is 0.0412. The van der Waals surface area contributed by atoms with Crippen molar-refractivity contribution in [3.05, 3.63) is 59.9 Å². The third kappa shape index (κ3) is 5.32. The highest BCUT2D eigenvalue weighted by atomic mass is 32.2. The lowest BCUT2D eigenvalue weighted by Gasteiger charge is -2.22. The van der Waals surface area contributed by atoms with Crippen LogP contribution in [0.4, 0.5) is 10.1 Å². The SMILES string of the molecule is NC(=O)CCN(C(=O)CSc1ccccc1C(=O)O)c1ccc(F)cc1. The lowest BCUT2D eigenvalue weighted by Crippen LogP contribution is -2.35. The molecule has 136 valence electrons. The van der Waals surface area contributed by atoms with Gasteiger partial charge in [-0.05, 0) is 36.4 Å². The van der Waals surface area contributed by atoms with Gasteiger partial charge < -0.3 is 15.7 Å². The summed E-state index contributed by atoms with van der Waals surface area (Å²) in [7, 11) is 0. The van der Waals surface area contributed by atoms with Crippen LogP contribution in [0.1, 0.15) is 16.8 Å². The molecule has 2 aromatic rings. The minimum atomic E-state index is -1.08. The number of nitrogens with zero attached hydrogens (tertiary/aromatic N) is 1. The van der Waals surface area contributed by atoms with Gasteiger partial charge in [-0.25, -0.2) is 9.18 Å². The van der Waals surface area contributed by atoms with Crippen molar-refractivity contribution in [1.82, 2.24) is 0 Å². The second-order valence-corrected chi connectivity index (χ2v) is 6.35. The number of nitrogens with two attached hydrogens (primary N) is 1. The normalized spacial score (nSPS) is 10.3. The Balaban J connectivity index is 2.15. The molecule has 0 radical (unpaired) electrons. The molecule has 0 aliphatic heterocycles. The second kappa shape index (κ2) is 9.00. The van der Waals surface area contributed by atoms with Gasteiger partial charge in [-0.2, -0.15) is 0 Å². The molecule has 0 aliphatic carbocycles. The van der Waals surface area contributed by atoms with E-state index >= 15 is 0 Å². The molecule has 0 spiro atoms. The van der Waals surface area contributed by atoms with Gasteiger partial charge in [0.25, 0.3) is 0 Å². The number of benzene rings is 2. The number of halogens is 1. The Hall–Kier alpha value is -2.87. The number of rotatable bonds is 8. The third-order valence-electron chi connectivity index (χ3n) is 3.49. The van der Waals surface area contributed by atoms with Crippen molar-refractivity contribution in [2.45, 2.75) is 11.3 Å².